The smallest absolute Gasteiger partial charge is 0.254 e. The number of aromatic nitrogens is 1. The molecule has 1 saturated heterocycles. The number of benzene rings is 1. The van der Waals surface area contributed by atoms with Crippen molar-refractivity contribution >= 4 is 17.5 Å². The van der Waals surface area contributed by atoms with Gasteiger partial charge >= 0.3 is 0 Å². The molecule has 28 heavy (non-hydrogen) atoms. The molecular weight excluding hydrogens is 356 g/mol. The highest BCUT2D eigenvalue weighted by Crippen LogP contribution is 2.19. The van der Waals surface area contributed by atoms with Crippen LogP contribution in [0.15, 0.2) is 34.9 Å². The normalized spacial score (nSPS) is 15.5. The Morgan fingerprint density at radius 3 is 2.46 bits per heavy atom. The van der Waals surface area contributed by atoms with Gasteiger partial charge in [0.15, 0.2) is 5.76 Å². The zero-order chi connectivity index (χ0) is 20.3. The lowest BCUT2D eigenvalue weighted by molar-refractivity contribution is -0.123. The topological polar surface area (TPSA) is 78.7 Å². The first-order valence-electron chi connectivity index (χ1n) is 9.58. The molecule has 3 rings (SSSR count). The molecule has 0 saturated carbocycles. The lowest BCUT2D eigenvalue weighted by Gasteiger charge is -2.34. The number of aryl methyl sites for hydroxylation is 1. The van der Waals surface area contributed by atoms with E-state index in [0.717, 1.165) is 24.5 Å². The Kier molecular flexibility index (Phi) is 5.84. The maximum atomic E-state index is 12.9. The van der Waals surface area contributed by atoms with E-state index in [-0.39, 0.29) is 11.8 Å². The van der Waals surface area contributed by atoms with Crippen molar-refractivity contribution in [3.63, 3.8) is 0 Å². The molecule has 1 N–H and O–H groups in total. The summed E-state index contributed by atoms with van der Waals surface area (Å²) in [7, 11) is 0. The van der Waals surface area contributed by atoms with Gasteiger partial charge in [0.05, 0.1) is 12.2 Å². The van der Waals surface area contributed by atoms with E-state index in [1.54, 1.807) is 24.3 Å². The Morgan fingerprint density at radius 1 is 1.14 bits per heavy atom. The van der Waals surface area contributed by atoms with Gasteiger partial charge in [-0.25, -0.2) is 0 Å². The van der Waals surface area contributed by atoms with Crippen LogP contribution in [0.25, 0.3) is 0 Å². The van der Waals surface area contributed by atoms with Crippen molar-refractivity contribution in [2.75, 3.05) is 31.5 Å². The number of hydrogen-bond donors (Lipinski definition) is 1. The van der Waals surface area contributed by atoms with E-state index in [1.165, 1.54) is 0 Å². The number of rotatable bonds is 4. The second-order valence-electron chi connectivity index (χ2n) is 8.29. The van der Waals surface area contributed by atoms with Crippen molar-refractivity contribution in [3.05, 3.63) is 47.3 Å². The van der Waals surface area contributed by atoms with Crippen LogP contribution in [-0.4, -0.2) is 52.9 Å². The molecule has 1 aromatic heterocycles. The van der Waals surface area contributed by atoms with Gasteiger partial charge in [0.1, 0.15) is 0 Å². The second-order valence-corrected chi connectivity index (χ2v) is 8.29. The average Bonchev–Trinajstić information content (AvgIpc) is 3.06. The molecule has 1 aliphatic heterocycles. The van der Waals surface area contributed by atoms with Gasteiger partial charge in [-0.15, -0.1) is 0 Å². The van der Waals surface area contributed by atoms with Gasteiger partial charge in [0.25, 0.3) is 5.91 Å². The third-order valence-corrected chi connectivity index (χ3v) is 4.76. The van der Waals surface area contributed by atoms with Crippen molar-refractivity contribution in [1.29, 1.82) is 0 Å². The number of carbonyl (C=O) groups excluding carboxylic acids is 2. The lowest BCUT2D eigenvalue weighted by Crippen LogP contribution is -2.48. The molecule has 0 unspecified atom stereocenters. The Bertz CT molecular complexity index is 845. The summed E-state index contributed by atoms with van der Waals surface area (Å²) >= 11 is 0. The highest BCUT2D eigenvalue weighted by atomic mass is 16.5. The van der Waals surface area contributed by atoms with E-state index in [0.29, 0.717) is 30.9 Å². The zero-order valence-corrected chi connectivity index (χ0v) is 17.0. The molecule has 7 nitrogen and oxygen atoms in total. The number of nitrogens with zero attached hydrogens (tertiary/aromatic N) is 3. The summed E-state index contributed by atoms with van der Waals surface area (Å²) in [4.78, 5) is 29.2. The summed E-state index contributed by atoms with van der Waals surface area (Å²) in [5.74, 6) is 0.759. The third-order valence-electron chi connectivity index (χ3n) is 4.76. The lowest BCUT2D eigenvalue weighted by atomic mass is 9.95. The van der Waals surface area contributed by atoms with Gasteiger partial charge in [-0.05, 0) is 25.1 Å². The molecule has 0 bridgehead atoms. The van der Waals surface area contributed by atoms with Crippen LogP contribution < -0.4 is 5.32 Å². The van der Waals surface area contributed by atoms with Crippen LogP contribution >= 0.6 is 0 Å². The number of nitrogens with one attached hydrogen (secondary N) is 1. The number of carbonyl (C=O) groups is 2. The van der Waals surface area contributed by atoms with Crippen LogP contribution in [0.5, 0.6) is 0 Å². The minimum atomic E-state index is -0.488. The van der Waals surface area contributed by atoms with E-state index in [9.17, 15) is 9.59 Å². The molecule has 2 amide bonds. The Morgan fingerprint density at radius 2 is 1.86 bits per heavy atom. The number of amides is 2. The molecular formula is C21H28N4O3. The van der Waals surface area contributed by atoms with Gasteiger partial charge in [-0.2, -0.15) is 0 Å². The summed E-state index contributed by atoms with van der Waals surface area (Å²) in [5, 5.41) is 6.79. The Balaban J connectivity index is 1.57. The van der Waals surface area contributed by atoms with Crippen LogP contribution in [0.4, 0.5) is 5.69 Å². The SMILES string of the molecule is Cc1cc(CN2CCN(C(=O)c3cccc(NC(=O)C(C)(C)C)c3)CC2)on1. The first-order chi connectivity index (χ1) is 13.2. The molecule has 2 aromatic rings. The maximum absolute atomic E-state index is 12.9. The van der Waals surface area contributed by atoms with Gasteiger partial charge in [-0.3, -0.25) is 14.5 Å². The monoisotopic (exact) mass is 384 g/mol. The molecule has 0 spiro atoms. The predicted molar refractivity (Wildman–Crippen MR) is 107 cm³/mol. The van der Waals surface area contributed by atoms with Crippen LogP contribution in [-0.2, 0) is 11.3 Å². The fraction of sp³-hybridized carbons (Fsp3) is 0.476. The first-order valence-corrected chi connectivity index (χ1v) is 9.58. The van der Waals surface area contributed by atoms with Crippen molar-refractivity contribution in [3.8, 4) is 0 Å². The molecule has 1 fully saturated rings. The van der Waals surface area contributed by atoms with Crippen molar-refractivity contribution in [2.24, 2.45) is 5.41 Å². The molecule has 1 aromatic carbocycles. The summed E-state index contributed by atoms with van der Waals surface area (Å²) < 4.78 is 5.27. The van der Waals surface area contributed by atoms with E-state index in [4.69, 9.17) is 4.52 Å². The molecule has 0 atom stereocenters. The predicted octanol–water partition coefficient (Wildman–Crippen LogP) is 2.93. The fourth-order valence-electron chi connectivity index (χ4n) is 3.05. The fourth-order valence-corrected chi connectivity index (χ4v) is 3.05. The molecule has 0 aliphatic carbocycles. The van der Waals surface area contributed by atoms with Crippen molar-refractivity contribution in [2.45, 2.75) is 34.2 Å². The molecule has 0 radical (unpaired) electrons. The molecule has 7 heteroatoms. The van der Waals surface area contributed by atoms with Crippen LogP contribution in [0, 0.1) is 12.3 Å². The number of hydrogen-bond acceptors (Lipinski definition) is 5. The van der Waals surface area contributed by atoms with Crippen LogP contribution in [0.3, 0.4) is 0 Å². The number of anilines is 1. The Labute approximate surface area is 165 Å². The van der Waals surface area contributed by atoms with Gasteiger partial charge in [0, 0.05) is 48.9 Å². The summed E-state index contributed by atoms with van der Waals surface area (Å²) in [6, 6.07) is 9.08. The minimum Gasteiger partial charge on any atom is -0.360 e. The minimum absolute atomic E-state index is 0.0120. The Hall–Kier alpha value is -2.67. The first kappa shape index (κ1) is 20.1. The van der Waals surface area contributed by atoms with Crippen LogP contribution in [0.2, 0.25) is 0 Å². The van der Waals surface area contributed by atoms with Gasteiger partial charge in [-0.1, -0.05) is 32.0 Å². The van der Waals surface area contributed by atoms with E-state index >= 15 is 0 Å². The van der Waals surface area contributed by atoms with Crippen LogP contribution in [0.1, 0.15) is 42.6 Å². The average molecular weight is 384 g/mol. The van der Waals surface area contributed by atoms with Crippen molar-refractivity contribution < 1.29 is 14.1 Å². The molecule has 2 heterocycles. The largest absolute Gasteiger partial charge is 0.360 e. The molecule has 150 valence electrons. The highest BCUT2D eigenvalue weighted by Gasteiger charge is 2.24. The summed E-state index contributed by atoms with van der Waals surface area (Å²) in [6.07, 6.45) is 0. The van der Waals surface area contributed by atoms with Gasteiger partial charge in [0.2, 0.25) is 5.91 Å². The second kappa shape index (κ2) is 8.14. The summed E-state index contributed by atoms with van der Waals surface area (Å²) in [5.41, 5.74) is 1.62. The quantitative estimate of drug-likeness (QED) is 0.877. The van der Waals surface area contributed by atoms with E-state index < -0.39 is 5.41 Å². The summed E-state index contributed by atoms with van der Waals surface area (Å²) in [6.45, 7) is 11.1. The maximum Gasteiger partial charge on any atom is 0.254 e. The van der Waals surface area contributed by atoms with E-state index in [2.05, 4.69) is 15.4 Å². The number of piperazine rings is 1. The van der Waals surface area contributed by atoms with Crippen molar-refractivity contribution in [1.82, 2.24) is 15.0 Å². The highest BCUT2D eigenvalue weighted by molar-refractivity contribution is 5.98. The standard InChI is InChI=1S/C21H28N4O3/c1-15-12-18(28-23-15)14-24-8-10-25(11-9-24)19(26)16-6-5-7-17(13-16)22-20(27)21(2,3)4/h5-7,12-13H,8-11,14H2,1-4H3,(H,22,27). The zero-order valence-electron chi connectivity index (χ0n) is 17.0. The third kappa shape index (κ3) is 4.98. The van der Waals surface area contributed by atoms with Gasteiger partial charge < -0.3 is 14.7 Å². The van der Waals surface area contributed by atoms with E-state index in [1.807, 2.05) is 38.7 Å². The molecule has 1 aliphatic rings.